The quantitative estimate of drug-likeness (QED) is 0.450. The maximum Gasteiger partial charge on any atom is 0.528 e. The number of benzene rings is 2. The van der Waals surface area contributed by atoms with E-state index in [1.807, 2.05) is 19.1 Å². The van der Waals surface area contributed by atoms with Crippen LogP contribution in [0.1, 0.15) is 37.5 Å². The monoisotopic (exact) mass is 395 g/mol. The van der Waals surface area contributed by atoms with Crippen LogP contribution in [0.2, 0.25) is 11.6 Å². The van der Waals surface area contributed by atoms with Crippen LogP contribution in [0.4, 0.5) is 18.0 Å². The van der Waals surface area contributed by atoms with Crippen molar-refractivity contribution in [3.63, 3.8) is 0 Å². The second-order valence-electron chi connectivity index (χ2n) is 8.16. The lowest BCUT2D eigenvalue weighted by Crippen LogP contribution is -2.71. The van der Waals surface area contributed by atoms with Gasteiger partial charge >= 0.3 is 17.5 Å². The smallest absolute Gasteiger partial charge is 0.346 e. The molecule has 0 aliphatic carbocycles. The molecule has 0 fully saturated rings. The van der Waals surface area contributed by atoms with Crippen molar-refractivity contribution < 1.29 is 12.3 Å². The second-order valence-corrected chi connectivity index (χ2v) is 14.5. The fourth-order valence-electron chi connectivity index (χ4n) is 3.70. The van der Waals surface area contributed by atoms with Crippen molar-refractivity contribution in [1.82, 2.24) is 0 Å². The summed E-state index contributed by atoms with van der Waals surface area (Å²) in [4.78, 5) is 0. The normalized spacial score (nSPS) is 14.8. The Labute approximate surface area is 157 Å². The molecule has 142 valence electrons. The van der Waals surface area contributed by atoms with Crippen molar-refractivity contribution in [2.45, 2.75) is 53.1 Å². The first-order chi connectivity index (χ1) is 11.8. The molecule has 0 amide bonds. The van der Waals surface area contributed by atoms with E-state index in [-0.39, 0.29) is 0 Å². The van der Waals surface area contributed by atoms with Gasteiger partial charge in [0.05, 0.1) is 0 Å². The van der Waals surface area contributed by atoms with Crippen LogP contribution >= 0.6 is 0 Å². The van der Waals surface area contributed by atoms with Crippen molar-refractivity contribution in [3.05, 3.63) is 59.2 Å². The van der Waals surface area contributed by atoms with Gasteiger partial charge in [-0.1, -0.05) is 68.8 Å². The SMILES string of the molecule is Cc1cc(C)c(N([Si](C)(F)F)[Si](F)(c2ccccc2)C(C)(C)C)c(C)c1. The molecule has 0 aliphatic heterocycles. The van der Waals surface area contributed by atoms with Crippen LogP contribution in [-0.4, -0.2) is 17.5 Å². The number of rotatable bonds is 4. The lowest BCUT2D eigenvalue weighted by atomic mass is 10.1. The predicted molar refractivity (Wildman–Crippen MR) is 110 cm³/mol. The molecule has 0 spiro atoms. The first-order valence-corrected chi connectivity index (χ1v) is 12.8. The summed E-state index contributed by atoms with van der Waals surface area (Å²) < 4.78 is 48.1. The van der Waals surface area contributed by atoms with Gasteiger partial charge in [-0.25, -0.2) is 8.22 Å². The number of aryl methyl sites for hydroxylation is 3. The van der Waals surface area contributed by atoms with Crippen molar-refractivity contribution >= 4 is 28.3 Å². The van der Waals surface area contributed by atoms with Gasteiger partial charge in [0.15, 0.2) is 0 Å². The maximum absolute atomic E-state index is 17.0. The van der Waals surface area contributed by atoms with Crippen molar-refractivity contribution in [1.29, 1.82) is 0 Å². The molecule has 0 N–H and O–H groups in total. The molecular formula is C20H28F3NSi2. The zero-order valence-electron chi connectivity index (χ0n) is 16.6. The highest BCUT2D eigenvalue weighted by Crippen LogP contribution is 2.46. The van der Waals surface area contributed by atoms with Crippen LogP contribution in [0.3, 0.4) is 0 Å². The number of anilines is 1. The molecule has 0 aromatic heterocycles. The first-order valence-electron chi connectivity index (χ1n) is 8.80. The third-order valence-corrected chi connectivity index (χ3v) is 11.7. The van der Waals surface area contributed by atoms with Crippen molar-refractivity contribution in [2.24, 2.45) is 0 Å². The molecule has 1 unspecified atom stereocenters. The standard InChI is InChI=1S/C20H28F3NSi2/c1-15-13-16(2)19(17(3)14-15)24(25(7,21)22)26(23,20(4,5)6)18-11-9-8-10-12-18/h8-14H,1-7H3. The van der Waals surface area contributed by atoms with Gasteiger partial charge in [0.25, 0.3) is 0 Å². The van der Waals surface area contributed by atoms with Crippen LogP contribution in [0, 0.1) is 20.8 Å². The summed E-state index contributed by atoms with van der Waals surface area (Å²) in [6.45, 7) is 11.7. The van der Waals surface area contributed by atoms with E-state index in [2.05, 4.69) is 0 Å². The summed E-state index contributed by atoms with van der Waals surface area (Å²) in [6, 6.07) is 12.3. The average molecular weight is 396 g/mol. The van der Waals surface area contributed by atoms with Gasteiger partial charge in [-0.2, -0.15) is 0 Å². The largest absolute Gasteiger partial charge is 0.528 e. The van der Waals surface area contributed by atoms with Gasteiger partial charge in [0.1, 0.15) is 0 Å². The molecule has 0 aliphatic rings. The van der Waals surface area contributed by atoms with Crippen LogP contribution in [0.5, 0.6) is 0 Å². The topological polar surface area (TPSA) is 3.24 Å². The van der Waals surface area contributed by atoms with E-state index in [4.69, 9.17) is 0 Å². The molecule has 2 rings (SSSR count). The molecule has 0 radical (unpaired) electrons. The van der Waals surface area contributed by atoms with Gasteiger partial charge in [-0.05, 0) is 37.1 Å². The van der Waals surface area contributed by atoms with Crippen LogP contribution in [-0.2, 0) is 0 Å². The fraction of sp³-hybridized carbons (Fsp3) is 0.400. The van der Waals surface area contributed by atoms with E-state index in [0.29, 0.717) is 22.0 Å². The van der Waals surface area contributed by atoms with Crippen LogP contribution in [0.15, 0.2) is 42.5 Å². The molecule has 0 bridgehead atoms. The van der Waals surface area contributed by atoms with Gasteiger partial charge in [-0.3, -0.25) is 4.11 Å². The summed E-state index contributed by atoms with van der Waals surface area (Å²) in [7, 11) is -9.28. The van der Waals surface area contributed by atoms with E-state index in [1.54, 1.807) is 65.0 Å². The molecule has 1 atom stereocenters. The number of halogens is 3. The van der Waals surface area contributed by atoms with E-state index < -0.39 is 22.5 Å². The molecular weight excluding hydrogens is 367 g/mol. The minimum Gasteiger partial charge on any atom is -0.346 e. The van der Waals surface area contributed by atoms with Crippen molar-refractivity contribution in [2.75, 3.05) is 4.23 Å². The number of hydrogen-bond donors (Lipinski definition) is 0. The minimum absolute atomic E-state index is 0.364. The van der Waals surface area contributed by atoms with E-state index in [9.17, 15) is 0 Å². The average Bonchev–Trinajstić information content (AvgIpc) is 2.48. The minimum atomic E-state index is -5.02. The molecule has 0 heterocycles. The van der Waals surface area contributed by atoms with Gasteiger partial charge in [0.2, 0.25) is 0 Å². The van der Waals surface area contributed by atoms with Crippen LogP contribution < -0.4 is 9.42 Å². The Hall–Kier alpha value is -1.54. The zero-order chi connectivity index (χ0) is 19.9. The molecule has 6 heteroatoms. The van der Waals surface area contributed by atoms with Crippen molar-refractivity contribution in [3.8, 4) is 0 Å². The van der Waals surface area contributed by atoms with Gasteiger partial charge in [-0.15, -0.1) is 0 Å². The lowest BCUT2D eigenvalue weighted by molar-refractivity contribution is 0.577. The summed E-state index contributed by atoms with van der Waals surface area (Å²) in [5.41, 5.74) is 2.76. The van der Waals surface area contributed by atoms with E-state index >= 15 is 12.3 Å². The third-order valence-electron chi connectivity index (χ3n) is 4.71. The molecule has 1 nitrogen and oxygen atoms in total. The zero-order valence-corrected chi connectivity index (χ0v) is 18.6. The Morgan fingerprint density at radius 1 is 0.846 bits per heavy atom. The number of nitrogens with zero attached hydrogens (tertiary/aromatic N) is 1. The summed E-state index contributed by atoms with van der Waals surface area (Å²) in [6.07, 6.45) is 0. The van der Waals surface area contributed by atoms with E-state index in [1.165, 1.54) is 0 Å². The molecule has 2 aromatic carbocycles. The fourth-order valence-corrected chi connectivity index (χ4v) is 11.1. The Bertz CT molecular complexity index is 759. The first kappa shape index (κ1) is 20.8. The second kappa shape index (κ2) is 6.89. The van der Waals surface area contributed by atoms with Crippen LogP contribution in [0.25, 0.3) is 0 Å². The third kappa shape index (κ3) is 3.62. The highest BCUT2D eigenvalue weighted by atomic mass is 28.5. The highest BCUT2D eigenvalue weighted by molar-refractivity contribution is 7.02. The molecule has 2 aromatic rings. The Balaban J connectivity index is 2.89. The Morgan fingerprint density at radius 2 is 1.31 bits per heavy atom. The summed E-state index contributed by atoms with van der Waals surface area (Å²) in [5, 5.41) is -0.536. The molecule has 0 saturated heterocycles. The number of hydrogen-bond acceptors (Lipinski definition) is 1. The molecule has 26 heavy (non-hydrogen) atoms. The summed E-state index contributed by atoms with van der Waals surface area (Å²) >= 11 is 0. The maximum atomic E-state index is 17.0. The highest BCUT2D eigenvalue weighted by Gasteiger charge is 2.62. The van der Waals surface area contributed by atoms with Gasteiger partial charge < -0.3 is 4.23 Å². The van der Waals surface area contributed by atoms with Gasteiger partial charge in [0, 0.05) is 17.3 Å². The predicted octanol–water partition coefficient (Wildman–Crippen LogP) is 6.04. The lowest BCUT2D eigenvalue weighted by Gasteiger charge is -2.47. The van der Waals surface area contributed by atoms with E-state index in [0.717, 1.165) is 16.3 Å². The summed E-state index contributed by atoms with van der Waals surface area (Å²) in [5.74, 6) is 0. The molecule has 0 saturated carbocycles. The Morgan fingerprint density at radius 3 is 1.69 bits per heavy atom. The Kier molecular flexibility index (Phi) is 5.50.